The molecule has 0 aromatic heterocycles. The van der Waals surface area contributed by atoms with Crippen LogP contribution in [-0.4, -0.2) is 73.2 Å². The van der Waals surface area contributed by atoms with Gasteiger partial charge in [-0.25, -0.2) is 9.59 Å². The minimum Gasteiger partial charge on any atom is -0.452 e. The van der Waals surface area contributed by atoms with Gasteiger partial charge in [0.05, 0.1) is 27.5 Å². The van der Waals surface area contributed by atoms with Crippen LogP contribution in [0.15, 0.2) is 119 Å². The number of aryl methyl sites for hydroxylation is 2. The fraction of sp³-hybridized carbons (Fsp3) is 0.257. The lowest BCUT2D eigenvalue weighted by atomic mass is 9.98. The number of hydrogen-bond acceptors (Lipinski definition) is 12. The summed E-state index contributed by atoms with van der Waals surface area (Å²) in [5, 5.41) is 0. The van der Waals surface area contributed by atoms with Crippen molar-refractivity contribution in [3.63, 3.8) is 0 Å². The summed E-state index contributed by atoms with van der Waals surface area (Å²) in [6.07, 6.45) is -8.21. The summed E-state index contributed by atoms with van der Waals surface area (Å²) >= 11 is 0. The van der Waals surface area contributed by atoms with Gasteiger partial charge in [-0.05, 0) is 62.4 Å². The average Bonchev–Trinajstić information content (AvgIpc) is 3.10. The summed E-state index contributed by atoms with van der Waals surface area (Å²) in [5.41, 5.74) is 1.80. The quantitative estimate of drug-likeness (QED) is 0.149. The molecule has 4 aromatic carbocycles. The van der Waals surface area contributed by atoms with Crippen molar-refractivity contribution in [3.05, 3.63) is 131 Å². The van der Waals surface area contributed by atoms with Gasteiger partial charge in [0.15, 0.2) is 24.6 Å². The number of ether oxygens (including phenoxy) is 4. The third-order valence-electron chi connectivity index (χ3n) is 7.57. The van der Waals surface area contributed by atoms with Crippen molar-refractivity contribution in [2.75, 3.05) is 13.7 Å². The Morgan fingerprint density at radius 2 is 1.06 bits per heavy atom. The standard InChI is InChI=1S/C35H34O12S2/c1-23-14-18-27(19-15-23)48(38,39)43-22-29-30(45-33(36)25-10-6-4-7-11-25)31(46-34(37)26-12-8-5-9-13-26)32(35(42-3)44-29)47-49(40,41)28-20-16-24(2)17-21-28/h4-21,29-32,35H,22H2,1-3H3/t29-,30-,31+,32+,35-/m1/s1. The smallest absolute Gasteiger partial charge is 0.338 e. The van der Waals surface area contributed by atoms with Crippen LogP contribution in [0.4, 0.5) is 0 Å². The SMILES string of the molecule is CO[C@@H]1O[C@H](COS(=O)(=O)c2ccc(C)cc2)[C@@H](OC(=O)c2ccccc2)[C@H](OC(=O)c2ccccc2)[C@@H]1OS(=O)(=O)c1ccc(C)cc1. The van der Waals surface area contributed by atoms with E-state index in [1.54, 1.807) is 74.5 Å². The predicted molar refractivity (Wildman–Crippen MR) is 175 cm³/mol. The first-order chi connectivity index (χ1) is 23.4. The molecule has 0 radical (unpaired) electrons. The molecule has 0 saturated carbocycles. The second-order valence-corrected chi connectivity index (χ2v) is 14.3. The summed E-state index contributed by atoms with van der Waals surface area (Å²) < 4.78 is 87.6. The maximum Gasteiger partial charge on any atom is 0.338 e. The molecule has 0 bridgehead atoms. The summed E-state index contributed by atoms with van der Waals surface area (Å²) in [4.78, 5) is 26.6. The second kappa shape index (κ2) is 15.4. The predicted octanol–water partition coefficient (Wildman–Crippen LogP) is 4.61. The van der Waals surface area contributed by atoms with Crippen LogP contribution in [0.2, 0.25) is 0 Å². The molecular formula is C35H34O12S2. The number of methoxy groups -OCH3 is 1. The molecule has 5 atom stereocenters. The van der Waals surface area contributed by atoms with Gasteiger partial charge in [0.2, 0.25) is 0 Å². The maximum atomic E-state index is 13.6. The first-order valence-corrected chi connectivity index (χ1v) is 17.9. The molecule has 1 fully saturated rings. The monoisotopic (exact) mass is 710 g/mol. The average molecular weight is 711 g/mol. The highest BCUT2D eigenvalue weighted by Gasteiger charge is 2.53. The van der Waals surface area contributed by atoms with Gasteiger partial charge < -0.3 is 18.9 Å². The maximum absolute atomic E-state index is 13.6. The van der Waals surface area contributed by atoms with E-state index in [0.29, 0.717) is 0 Å². The van der Waals surface area contributed by atoms with Crippen LogP contribution in [0.1, 0.15) is 31.8 Å². The van der Waals surface area contributed by atoms with Crippen molar-refractivity contribution in [2.45, 2.75) is 54.3 Å². The van der Waals surface area contributed by atoms with E-state index >= 15 is 0 Å². The van der Waals surface area contributed by atoms with Crippen LogP contribution in [0.25, 0.3) is 0 Å². The van der Waals surface area contributed by atoms with E-state index in [1.165, 1.54) is 55.6 Å². The topological polar surface area (TPSA) is 158 Å². The Morgan fingerprint density at radius 3 is 1.53 bits per heavy atom. The zero-order chi connectivity index (χ0) is 35.2. The highest BCUT2D eigenvalue weighted by atomic mass is 32.2. The molecule has 1 saturated heterocycles. The van der Waals surface area contributed by atoms with Gasteiger partial charge >= 0.3 is 11.9 Å². The number of carbonyl (C=O) groups is 2. The van der Waals surface area contributed by atoms with E-state index in [1.807, 2.05) is 0 Å². The molecule has 0 amide bonds. The highest BCUT2D eigenvalue weighted by molar-refractivity contribution is 7.87. The lowest BCUT2D eigenvalue weighted by Gasteiger charge is -2.43. The number of benzene rings is 4. The van der Waals surface area contributed by atoms with Crippen molar-refractivity contribution in [1.29, 1.82) is 0 Å². The van der Waals surface area contributed by atoms with Crippen LogP contribution in [0.5, 0.6) is 0 Å². The molecule has 0 unspecified atom stereocenters. The fourth-order valence-corrected chi connectivity index (χ4v) is 6.94. The van der Waals surface area contributed by atoms with E-state index in [-0.39, 0.29) is 20.9 Å². The molecular weight excluding hydrogens is 677 g/mol. The summed E-state index contributed by atoms with van der Waals surface area (Å²) in [6.45, 7) is 2.82. The Hall–Kier alpha value is -4.44. The second-order valence-electron chi connectivity index (χ2n) is 11.1. The number of carbonyl (C=O) groups excluding carboxylic acids is 2. The molecule has 5 rings (SSSR count). The van der Waals surface area contributed by atoms with Crippen molar-refractivity contribution >= 4 is 32.2 Å². The Balaban J connectivity index is 1.55. The Kier molecular flexibility index (Phi) is 11.3. The van der Waals surface area contributed by atoms with Gasteiger partial charge in [-0.3, -0.25) is 8.37 Å². The highest BCUT2D eigenvalue weighted by Crippen LogP contribution is 2.33. The van der Waals surface area contributed by atoms with Crippen LogP contribution in [0.3, 0.4) is 0 Å². The molecule has 1 aliphatic rings. The van der Waals surface area contributed by atoms with Crippen molar-refractivity contribution < 1.29 is 53.7 Å². The van der Waals surface area contributed by atoms with Gasteiger partial charge in [-0.15, -0.1) is 0 Å². The zero-order valence-corrected chi connectivity index (χ0v) is 28.3. The van der Waals surface area contributed by atoms with Crippen molar-refractivity contribution in [2.24, 2.45) is 0 Å². The first-order valence-electron chi connectivity index (χ1n) is 15.0. The molecule has 258 valence electrons. The number of esters is 2. The third kappa shape index (κ3) is 8.78. The lowest BCUT2D eigenvalue weighted by Crippen LogP contribution is -2.63. The Morgan fingerprint density at radius 1 is 0.612 bits per heavy atom. The van der Waals surface area contributed by atoms with E-state index in [2.05, 4.69) is 0 Å². The third-order valence-corrected chi connectivity index (χ3v) is 10.2. The zero-order valence-electron chi connectivity index (χ0n) is 26.7. The molecule has 0 spiro atoms. The van der Waals surface area contributed by atoms with E-state index < -0.39 is 69.5 Å². The largest absolute Gasteiger partial charge is 0.452 e. The molecule has 12 nitrogen and oxygen atoms in total. The summed E-state index contributed by atoms with van der Waals surface area (Å²) in [6, 6.07) is 27.3. The normalized spacial score (nSPS) is 21.1. The molecule has 1 heterocycles. The Bertz CT molecular complexity index is 1950. The minimum absolute atomic E-state index is 0.0889. The molecule has 1 aliphatic heterocycles. The van der Waals surface area contributed by atoms with Crippen LogP contribution in [0, 0.1) is 13.8 Å². The number of hydrogen-bond donors (Lipinski definition) is 0. The van der Waals surface area contributed by atoms with Crippen LogP contribution >= 0.6 is 0 Å². The van der Waals surface area contributed by atoms with E-state index in [0.717, 1.165) is 11.1 Å². The first kappa shape index (κ1) is 35.9. The molecule has 0 N–H and O–H groups in total. The summed E-state index contributed by atoms with van der Waals surface area (Å²) in [5.74, 6) is -1.83. The molecule has 4 aromatic rings. The Labute approximate surface area is 284 Å². The molecule has 14 heteroatoms. The minimum atomic E-state index is -4.57. The van der Waals surface area contributed by atoms with Gasteiger partial charge in [-0.1, -0.05) is 71.8 Å². The molecule has 49 heavy (non-hydrogen) atoms. The lowest BCUT2D eigenvalue weighted by molar-refractivity contribution is -0.285. The van der Waals surface area contributed by atoms with Gasteiger partial charge in [0, 0.05) is 7.11 Å². The number of rotatable bonds is 12. The van der Waals surface area contributed by atoms with Crippen LogP contribution in [-0.2, 0) is 47.5 Å². The van der Waals surface area contributed by atoms with Gasteiger partial charge in [0.25, 0.3) is 20.2 Å². The van der Waals surface area contributed by atoms with Crippen LogP contribution < -0.4 is 0 Å². The van der Waals surface area contributed by atoms with Crippen molar-refractivity contribution in [1.82, 2.24) is 0 Å². The van der Waals surface area contributed by atoms with Gasteiger partial charge in [0.1, 0.15) is 6.10 Å². The van der Waals surface area contributed by atoms with E-state index in [9.17, 15) is 26.4 Å². The molecule has 0 aliphatic carbocycles. The fourth-order valence-electron chi connectivity index (χ4n) is 4.95. The van der Waals surface area contributed by atoms with Crippen molar-refractivity contribution in [3.8, 4) is 0 Å². The van der Waals surface area contributed by atoms with E-state index in [4.69, 9.17) is 27.3 Å². The summed E-state index contributed by atoms with van der Waals surface area (Å²) in [7, 11) is -7.75. The van der Waals surface area contributed by atoms with Gasteiger partial charge in [-0.2, -0.15) is 16.8 Å².